The molecule has 0 spiro atoms. The molecule has 0 saturated heterocycles. The summed E-state index contributed by atoms with van der Waals surface area (Å²) in [6.07, 6.45) is -1.49. The summed E-state index contributed by atoms with van der Waals surface area (Å²) < 4.78 is 46.8. The third-order valence-corrected chi connectivity index (χ3v) is 3.91. The topological polar surface area (TPSA) is 84.6 Å². The molecule has 162 valence electrons. The number of aliphatic imine (C=N–C) groups is 1. The first-order chi connectivity index (χ1) is 13.4. The zero-order valence-corrected chi connectivity index (χ0v) is 18.8. The molecule has 29 heavy (non-hydrogen) atoms. The van der Waals surface area contributed by atoms with Gasteiger partial charge in [-0.25, -0.2) is 4.98 Å². The average Bonchev–Trinajstić information content (AvgIpc) is 3.08. The van der Waals surface area contributed by atoms with Crippen LogP contribution in [0.1, 0.15) is 36.4 Å². The van der Waals surface area contributed by atoms with Gasteiger partial charge in [-0.3, -0.25) is 4.99 Å². The van der Waals surface area contributed by atoms with E-state index in [1.54, 1.807) is 13.1 Å². The number of guanidine groups is 1. The fourth-order valence-corrected chi connectivity index (χ4v) is 2.51. The zero-order valence-electron chi connectivity index (χ0n) is 16.5. The molecule has 0 bridgehead atoms. The number of pyridine rings is 1. The summed E-state index contributed by atoms with van der Waals surface area (Å²) in [7, 11) is 1.63. The Morgan fingerprint density at radius 3 is 2.55 bits per heavy atom. The van der Waals surface area contributed by atoms with E-state index < -0.39 is 12.8 Å². The van der Waals surface area contributed by atoms with Gasteiger partial charge < -0.3 is 19.9 Å². The van der Waals surface area contributed by atoms with Crippen molar-refractivity contribution in [3.63, 3.8) is 0 Å². The molecule has 7 nitrogen and oxygen atoms in total. The van der Waals surface area contributed by atoms with E-state index in [9.17, 15) is 13.2 Å². The highest BCUT2D eigenvalue weighted by Gasteiger charge is 2.28. The van der Waals surface area contributed by atoms with E-state index in [-0.39, 0.29) is 29.9 Å². The molecule has 0 atom stereocenters. The largest absolute Gasteiger partial charge is 0.468 e. The maximum Gasteiger partial charge on any atom is 0.422 e. The van der Waals surface area contributed by atoms with E-state index in [2.05, 4.69) is 30.5 Å². The molecular weight excluding hydrogens is 502 g/mol. The van der Waals surface area contributed by atoms with E-state index in [1.165, 1.54) is 12.3 Å². The molecule has 0 unspecified atom stereocenters. The first-order valence-corrected chi connectivity index (χ1v) is 8.91. The van der Waals surface area contributed by atoms with Gasteiger partial charge in [0.25, 0.3) is 0 Å². The van der Waals surface area contributed by atoms with Gasteiger partial charge in [0.05, 0.1) is 5.69 Å². The molecule has 2 aromatic rings. The molecule has 2 aromatic heterocycles. The Morgan fingerprint density at radius 2 is 1.93 bits per heavy atom. The van der Waals surface area contributed by atoms with Crippen LogP contribution < -0.4 is 15.4 Å². The molecule has 0 aromatic carbocycles. The molecule has 2 rings (SSSR count). The van der Waals surface area contributed by atoms with Crippen LogP contribution in [0.3, 0.4) is 0 Å². The lowest BCUT2D eigenvalue weighted by molar-refractivity contribution is -0.154. The molecule has 0 amide bonds. The van der Waals surface area contributed by atoms with Gasteiger partial charge in [0, 0.05) is 44.4 Å². The van der Waals surface area contributed by atoms with E-state index >= 15 is 0 Å². The molecular formula is C18H25F3IN5O2. The Kier molecular flexibility index (Phi) is 10.2. The molecule has 0 saturated carbocycles. The minimum absolute atomic E-state index is 0. The third kappa shape index (κ3) is 8.07. The van der Waals surface area contributed by atoms with Gasteiger partial charge in [-0.15, -0.1) is 24.0 Å². The number of halogens is 4. The Hall–Kier alpha value is -2.05. The summed E-state index contributed by atoms with van der Waals surface area (Å²) in [6, 6.07) is 3.14. The summed E-state index contributed by atoms with van der Waals surface area (Å²) in [5.74, 6) is 1.30. The molecule has 0 fully saturated rings. The summed E-state index contributed by atoms with van der Waals surface area (Å²) in [5, 5.41) is 10.4. The van der Waals surface area contributed by atoms with Crippen LogP contribution in [0.15, 0.2) is 27.8 Å². The first kappa shape index (κ1) is 25.0. The van der Waals surface area contributed by atoms with Crippen molar-refractivity contribution in [2.24, 2.45) is 4.99 Å². The second-order valence-corrected chi connectivity index (χ2v) is 5.92. The number of hydrogen-bond donors (Lipinski definition) is 2. The number of ether oxygens (including phenoxy) is 1. The lowest BCUT2D eigenvalue weighted by Crippen LogP contribution is -2.36. The van der Waals surface area contributed by atoms with Gasteiger partial charge in [0.15, 0.2) is 12.6 Å². The van der Waals surface area contributed by atoms with Crippen LogP contribution in [-0.4, -0.2) is 35.9 Å². The van der Waals surface area contributed by atoms with E-state index in [0.717, 1.165) is 29.9 Å². The van der Waals surface area contributed by atoms with Gasteiger partial charge >= 0.3 is 6.18 Å². The molecule has 0 aliphatic carbocycles. The highest BCUT2D eigenvalue weighted by molar-refractivity contribution is 14.0. The second-order valence-electron chi connectivity index (χ2n) is 5.92. The second kappa shape index (κ2) is 11.8. The maximum atomic E-state index is 12.3. The third-order valence-electron chi connectivity index (χ3n) is 3.91. The van der Waals surface area contributed by atoms with Crippen LogP contribution in [0.5, 0.6) is 5.88 Å². The summed E-state index contributed by atoms with van der Waals surface area (Å²) in [5.41, 5.74) is 2.63. The highest BCUT2D eigenvalue weighted by atomic mass is 127. The van der Waals surface area contributed by atoms with E-state index in [1.807, 2.05) is 13.8 Å². The predicted octanol–water partition coefficient (Wildman–Crippen LogP) is 3.62. The molecule has 0 aliphatic rings. The first-order valence-electron chi connectivity index (χ1n) is 8.91. The van der Waals surface area contributed by atoms with Crippen molar-refractivity contribution in [1.82, 2.24) is 20.8 Å². The van der Waals surface area contributed by atoms with Crippen LogP contribution in [0.4, 0.5) is 13.2 Å². The lowest BCUT2D eigenvalue weighted by atomic mass is 10.1. The van der Waals surface area contributed by atoms with Crippen LogP contribution in [0.2, 0.25) is 0 Å². The number of aromatic nitrogens is 2. The molecule has 0 aliphatic heterocycles. The highest BCUT2D eigenvalue weighted by Crippen LogP contribution is 2.18. The van der Waals surface area contributed by atoms with Gasteiger partial charge in [-0.1, -0.05) is 19.0 Å². The average molecular weight is 527 g/mol. The van der Waals surface area contributed by atoms with Gasteiger partial charge in [0.2, 0.25) is 5.88 Å². The lowest BCUT2D eigenvalue weighted by Gasteiger charge is -2.13. The van der Waals surface area contributed by atoms with Crippen molar-refractivity contribution < 1.29 is 22.4 Å². The number of rotatable bonds is 8. The van der Waals surface area contributed by atoms with Gasteiger partial charge in [0.1, 0.15) is 5.76 Å². The molecule has 11 heteroatoms. The number of alkyl halides is 3. The Morgan fingerprint density at radius 1 is 1.21 bits per heavy atom. The minimum atomic E-state index is -4.40. The van der Waals surface area contributed by atoms with Crippen molar-refractivity contribution in [2.75, 3.05) is 13.7 Å². The number of nitrogens with zero attached hydrogens (tertiary/aromatic N) is 3. The summed E-state index contributed by atoms with van der Waals surface area (Å²) >= 11 is 0. The molecule has 2 N–H and O–H groups in total. The molecule has 0 radical (unpaired) electrons. The summed E-state index contributed by atoms with van der Waals surface area (Å²) in [6.45, 7) is 3.48. The van der Waals surface area contributed by atoms with E-state index in [4.69, 9.17) is 4.52 Å². The quantitative estimate of drug-likeness (QED) is 0.310. The van der Waals surface area contributed by atoms with E-state index in [0.29, 0.717) is 24.6 Å². The zero-order chi connectivity index (χ0) is 20.6. The fraction of sp³-hybridized carbons (Fsp3) is 0.500. The van der Waals surface area contributed by atoms with Crippen LogP contribution >= 0.6 is 24.0 Å². The normalized spacial score (nSPS) is 11.7. The number of hydrogen-bond acceptors (Lipinski definition) is 5. The van der Waals surface area contributed by atoms with Crippen LogP contribution in [0, 0.1) is 0 Å². The monoisotopic (exact) mass is 527 g/mol. The Balaban J connectivity index is 0.00000420. The maximum absolute atomic E-state index is 12.3. The van der Waals surface area contributed by atoms with Crippen molar-refractivity contribution in [1.29, 1.82) is 0 Å². The van der Waals surface area contributed by atoms with Crippen molar-refractivity contribution in [2.45, 2.75) is 46.0 Å². The van der Waals surface area contributed by atoms with Gasteiger partial charge in [-0.2, -0.15) is 13.2 Å². The van der Waals surface area contributed by atoms with Crippen LogP contribution in [-0.2, 0) is 25.9 Å². The van der Waals surface area contributed by atoms with Crippen molar-refractivity contribution in [3.8, 4) is 5.88 Å². The van der Waals surface area contributed by atoms with Crippen molar-refractivity contribution >= 4 is 29.9 Å². The molecule has 2 heterocycles. The number of aryl methyl sites for hydroxylation is 2. The number of nitrogens with one attached hydrogen (secondary N) is 2. The van der Waals surface area contributed by atoms with Gasteiger partial charge in [-0.05, 0) is 18.1 Å². The Labute approximate surface area is 184 Å². The fourth-order valence-electron chi connectivity index (χ4n) is 2.51. The van der Waals surface area contributed by atoms with Crippen LogP contribution in [0.25, 0.3) is 0 Å². The predicted molar refractivity (Wildman–Crippen MR) is 113 cm³/mol. The SMILES string of the molecule is CCc1noc(CC)c1CNC(=NC)NCc1ccnc(OCC(F)(F)F)c1.I. The van der Waals surface area contributed by atoms with Crippen molar-refractivity contribution in [3.05, 3.63) is 40.9 Å². The standard InChI is InChI=1S/C18H24F3N5O2.HI/c1-4-14-13(15(5-2)28-26-14)10-25-17(22-3)24-9-12-6-7-23-16(8-12)27-11-18(19,20)21;/h6-8H,4-5,9-11H2,1-3H3,(H2,22,24,25);1H. The Bertz CT molecular complexity index is 775. The smallest absolute Gasteiger partial charge is 0.422 e. The summed E-state index contributed by atoms with van der Waals surface area (Å²) in [4.78, 5) is 7.94. The minimum Gasteiger partial charge on any atom is -0.468 e.